The summed E-state index contributed by atoms with van der Waals surface area (Å²) in [6.07, 6.45) is 0.539. The molecule has 1 aromatic carbocycles. The van der Waals surface area contributed by atoms with E-state index in [0.717, 1.165) is 5.56 Å². The van der Waals surface area contributed by atoms with Crippen LogP contribution in [0.2, 0.25) is 0 Å². The molecule has 0 radical (unpaired) electrons. The van der Waals surface area contributed by atoms with Gasteiger partial charge in [-0.1, -0.05) is 41.7 Å². The largest absolute Gasteiger partial charge is 0.481 e. The molecular formula is C12H10N4O2S. The molecule has 0 amide bonds. The van der Waals surface area contributed by atoms with Crippen molar-refractivity contribution < 1.29 is 9.90 Å². The molecule has 0 fully saturated rings. The molecule has 0 aliphatic rings. The van der Waals surface area contributed by atoms with Crippen molar-refractivity contribution in [2.45, 2.75) is 12.8 Å². The van der Waals surface area contributed by atoms with E-state index in [1.807, 2.05) is 30.3 Å². The topological polar surface area (TPSA) is 80.4 Å². The molecule has 3 aromatic rings. The Hall–Kier alpha value is -2.28. The average Bonchev–Trinajstić information content (AvgIpc) is 2.92. The third kappa shape index (κ3) is 2.45. The summed E-state index contributed by atoms with van der Waals surface area (Å²) in [6.45, 7) is 0. The molecule has 0 saturated carbocycles. The summed E-state index contributed by atoms with van der Waals surface area (Å²) in [6, 6.07) is 9.89. The van der Waals surface area contributed by atoms with E-state index in [1.165, 1.54) is 11.3 Å². The van der Waals surface area contributed by atoms with Gasteiger partial charge in [-0.05, 0) is 5.56 Å². The van der Waals surface area contributed by atoms with Crippen LogP contribution in [0.1, 0.15) is 16.4 Å². The smallest absolute Gasteiger partial charge is 0.310 e. The van der Waals surface area contributed by atoms with Crippen LogP contribution in [-0.4, -0.2) is 30.9 Å². The SMILES string of the molecule is O=C(O)Cc1nn2c(Cc3ccccc3)nnc2s1. The van der Waals surface area contributed by atoms with E-state index in [1.54, 1.807) is 4.52 Å². The van der Waals surface area contributed by atoms with Gasteiger partial charge in [-0.25, -0.2) is 0 Å². The second-order valence-electron chi connectivity index (χ2n) is 4.04. The zero-order valence-electron chi connectivity index (χ0n) is 9.85. The molecule has 0 saturated heterocycles. The van der Waals surface area contributed by atoms with Gasteiger partial charge in [0.15, 0.2) is 5.82 Å². The average molecular weight is 274 g/mol. The third-order valence-corrected chi connectivity index (χ3v) is 3.50. The number of rotatable bonds is 4. The van der Waals surface area contributed by atoms with Gasteiger partial charge in [0, 0.05) is 6.42 Å². The number of carbonyl (C=O) groups is 1. The van der Waals surface area contributed by atoms with Gasteiger partial charge in [0.1, 0.15) is 5.01 Å². The Balaban J connectivity index is 1.91. The van der Waals surface area contributed by atoms with E-state index in [-0.39, 0.29) is 6.42 Å². The van der Waals surface area contributed by atoms with Crippen molar-refractivity contribution in [3.8, 4) is 0 Å². The van der Waals surface area contributed by atoms with E-state index in [9.17, 15) is 4.79 Å². The molecule has 0 atom stereocenters. The van der Waals surface area contributed by atoms with Gasteiger partial charge in [-0.3, -0.25) is 4.79 Å². The molecule has 0 unspecified atom stereocenters. The third-order valence-electron chi connectivity index (χ3n) is 2.60. The van der Waals surface area contributed by atoms with Crippen molar-refractivity contribution in [2.24, 2.45) is 0 Å². The van der Waals surface area contributed by atoms with E-state index >= 15 is 0 Å². The van der Waals surface area contributed by atoms with Crippen LogP contribution in [0.25, 0.3) is 4.96 Å². The van der Waals surface area contributed by atoms with Gasteiger partial charge >= 0.3 is 5.97 Å². The monoisotopic (exact) mass is 274 g/mol. The van der Waals surface area contributed by atoms with Crippen molar-refractivity contribution in [1.82, 2.24) is 19.8 Å². The molecule has 2 heterocycles. The first-order chi connectivity index (χ1) is 9.22. The minimum Gasteiger partial charge on any atom is -0.481 e. The molecule has 96 valence electrons. The Labute approximate surface area is 112 Å². The highest BCUT2D eigenvalue weighted by molar-refractivity contribution is 7.16. The maximum Gasteiger partial charge on any atom is 0.310 e. The molecule has 2 aromatic heterocycles. The van der Waals surface area contributed by atoms with E-state index in [2.05, 4.69) is 15.3 Å². The fraction of sp³-hybridized carbons (Fsp3) is 0.167. The van der Waals surface area contributed by atoms with Gasteiger partial charge in [0.05, 0.1) is 6.42 Å². The van der Waals surface area contributed by atoms with Crippen LogP contribution in [0.15, 0.2) is 30.3 Å². The molecule has 0 bridgehead atoms. The number of aromatic nitrogens is 4. The maximum atomic E-state index is 10.7. The lowest BCUT2D eigenvalue weighted by atomic mass is 10.1. The highest BCUT2D eigenvalue weighted by atomic mass is 32.1. The van der Waals surface area contributed by atoms with Crippen LogP contribution in [0, 0.1) is 0 Å². The molecule has 6 nitrogen and oxygen atoms in total. The van der Waals surface area contributed by atoms with Crippen molar-refractivity contribution in [1.29, 1.82) is 0 Å². The molecule has 1 N–H and O–H groups in total. The number of hydrogen-bond acceptors (Lipinski definition) is 5. The van der Waals surface area contributed by atoms with Crippen LogP contribution in [-0.2, 0) is 17.6 Å². The van der Waals surface area contributed by atoms with Crippen molar-refractivity contribution >= 4 is 22.3 Å². The van der Waals surface area contributed by atoms with Crippen LogP contribution < -0.4 is 0 Å². The first kappa shape index (κ1) is 11.8. The molecule has 7 heteroatoms. The van der Waals surface area contributed by atoms with Gasteiger partial charge in [0.2, 0.25) is 4.96 Å². The van der Waals surface area contributed by atoms with Crippen LogP contribution in [0.5, 0.6) is 0 Å². The fourth-order valence-electron chi connectivity index (χ4n) is 1.79. The number of aliphatic carboxylic acids is 1. The highest BCUT2D eigenvalue weighted by Gasteiger charge is 2.13. The van der Waals surface area contributed by atoms with Gasteiger partial charge in [-0.2, -0.15) is 9.61 Å². The molecule has 0 spiro atoms. The highest BCUT2D eigenvalue weighted by Crippen LogP contribution is 2.16. The predicted molar refractivity (Wildman–Crippen MR) is 69.2 cm³/mol. The standard InChI is InChI=1S/C12H10N4O2S/c17-11(18)7-10-15-16-9(13-14-12(16)19-10)6-8-4-2-1-3-5-8/h1-5H,6-7H2,(H,17,18). The maximum absolute atomic E-state index is 10.7. The van der Waals surface area contributed by atoms with Gasteiger partial charge < -0.3 is 5.11 Å². The summed E-state index contributed by atoms with van der Waals surface area (Å²) < 4.78 is 1.62. The summed E-state index contributed by atoms with van der Waals surface area (Å²) in [4.78, 5) is 11.3. The minimum absolute atomic E-state index is 0.0845. The fourth-order valence-corrected chi connectivity index (χ4v) is 2.63. The molecular weight excluding hydrogens is 264 g/mol. The lowest BCUT2D eigenvalue weighted by Crippen LogP contribution is -2.02. The number of hydrogen-bond donors (Lipinski definition) is 1. The van der Waals surface area contributed by atoms with Crippen LogP contribution in [0.4, 0.5) is 0 Å². The van der Waals surface area contributed by atoms with Crippen LogP contribution in [0.3, 0.4) is 0 Å². The first-order valence-corrected chi connectivity index (χ1v) is 6.50. The van der Waals surface area contributed by atoms with Gasteiger partial charge in [0.25, 0.3) is 0 Å². The lowest BCUT2D eigenvalue weighted by Gasteiger charge is -1.97. The summed E-state index contributed by atoms with van der Waals surface area (Å²) in [7, 11) is 0. The van der Waals surface area contributed by atoms with Gasteiger partial charge in [-0.15, -0.1) is 10.2 Å². The number of benzene rings is 1. The Morgan fingerprint density at radius 2 is 2.05 bits per heavy atom. The molecule has 19 heavy (non-hydrogen) atoms. The normalized spacial score (nSPS) is 10.9. The number of carboxylic acid groups (broad SMARTS) is 1. The number of fused-ring (bicyclic) bond motifs is 1. The van der Waals surface area contributed by atoms with Crippen LogP contribution >= 0.6 is 11.3 Å². The van der Waals surface area contributed by atoms with E-state index < -0.39 is 5.97 Å². The predicted octanol–water partition coefficient (Wildman–Crippen LogP) is 1.40. The summed E-state index contributed by atoms with van der Waals surface area (Å²) >= 11 is 1.25. The summed E-state index contributed by atoms with van der Waals surface area (Å²) in [5.74, 6) is -0.177. The van der Waals surface area contributed by atoms with E-state index in [0.29, 0.717) is 22.2 Å². The second-order valence-corrected chi connectivity index (χ2v) is 5.08. The van der Waals surface area contributed by atoms with Crippen molar-refractivity contribution in [2.75, 3.05) is 0 Å². The Morgan fingerprint density at radius 3 is 2.79 bits per heavy atom. The number of carboxylic acids is 1. The van der Waals surface area contributed by atoms with Crippen molar-refractivity contribution in [3.05, 3.63) is 46.7 Å². The Morgan fingerprint density at radius 1 is 1.26 bits per heavy atom. The van der Waals surface area contributed by atoms with Crippen molar-refractivity contribution in [3.63, 3.8) is 0 Å². The van der Waals surface area contributed by atoms with E-state index in [4.69, 9.17) is 5.11 Å². The quantitative estimate of drug-likeness (QED) is 0.778. The zero-order chi connectivity index (χ0) is 13.2. The Bertz CT molecular complexity index is 720. The number of nitrogens with zero attached hydrogens (tertiary/aromatic N) is 4. The summed E-state index contributed by atoms with van der Waals surface area (Å²) in [5, 5.41) is 21.6. The minimum atomic E-state index is -0.894. The summed E-state index contributed by atoms with van der Waals surface area (Å²) in [5.41, 5.74) is 1.12. The zero-order valence-corrected chi connectivity index (χ0v) is 10.7. The lowest BCUT2D eigenvalue weighted by molar-refractivity contribution is -0.136. The Kier molecular flexibility index (Phi) is 2.96. The first-order valence-electron chi connectivity index (χ1n) is 5.68. The second kappa shape index (κ2) is 4.77. The molecule has 3 rings (SSSR count). The molecule has 0 aliphatic carbocycles. The molecule has 0 aliphatic heterocycles.